The van der Waals surface area contributed by atoms with Gasteiger partial charge in [0.2, 0.25) is 0 Å². The van der Waals surface area contributed by atoms with Crippen LogP contribution in [0.4, 0.5) is 5.69 Å². The summed E-state index contributed by atoms with van der Waals surface area (Å²) in [7, 11) is -4.25. The van der Waals surface area contributed by atoms with Crippen molar-refractivity contribution in [1.82, 2.24) is 4.31 Å². The molecule has 1 atom stereocenters. The predicted octanol–water partition coefficient (Wildman–Crippen LogP) is -0.849. The second-order valence-electron chi connectivity index (χ2n) is 4.22. The number of carbonyl (C=O) groups excluding carboxylic acids is 1. The fourth-order valence-electron chi connectivity index (χ4n) is 1.82. The molecule has 0 spiro atoms. The molecule has 0 aromatic heterocycles. The molecule has 2 rings (SSSR count). The maximum Gasteiger partial charge on any atom is 0.322 e. The van der Waals surface area contributed by atoms with Crippen molar-refractivity contribution in [1.29, 1.82) is 0 Å². The fraction of sp³-hybridized carbons (Fsp3) is 0.200. The topological polar surface area (TPSA) is 161 Å². The SMILES string of the molecule is NC(CN1C(=O)c2cc([N+](=O)[O-])ccc2S1(=O)=O)C(=O)O. The summed E-state index contributed by atoms with van der Waals surface area (Å²) in [5.74, 6) is -2.51. The number of nitro groups is 1. The number of nitrogens with two attached hydrogens (primary N) is 1. The lowest BCUT2D eigenvalue weighted by molar-refractivity contribution is -0.384. The molecule has 1 aromatic rings. The number of rotatable bonds is 4. The smallest absolute Gasteiger partial charge is 0.322 e. The van der Waals surface area contributed by atoms with E-state index in [-0.39, 0.29) is 5.56 Å². The van der Waals surface area contributed by atoms with Crippen molar-refractivity contribution in [2.24, 2.45) is 5.73 Å². The summed E-state index contributed by atoms with van der Waals surface area (Å²) in [4.78, 5) is 32.2. The molecule has 0 radical (unpaired) electrons. The van der Waals surface area contributed by atoms with Gasteiger partial charge in [-0.3, -0.25) is 19.7 Å². The monoisotopic (exact) mass is 315 g/mol. The summed E-state index contributed by atoms with van der Waals surface area (Å²) in [5.41, 5.74) is 4.41. The Morgan fingerprint density at radius 1 is 1.48 bits per heavy atom. The second kappa shape index (κ2) is 4.79. The summed E-state index contributed by atoms with van der Waals surface area (Å²) >= 11 is 0. The molecule has 0 saturated carbocycles. The van der Waals surface area contributed by atoms with Crippen LogP contribution in [0.15, 0.2) is 23.1 Å². The highest BCUT2D eigenvalue weighted by atomic mass is 32.2. The quantitative estimate of drug-likeness (QED) is 0.536. The molecule has 1 unspecified atom stereocenters. The van der Waals surface area contributed by atoms with E-state index in [1.165, 1.54) is 0 Å². The number of nitrogens with zero attached hydrogens (tertiary/aromatic N) is 2. The van der Waals surface area contributed by atoms with Crippen molar-refractivity contribution >= 4 is 27.6 Å². The number of non-ortho nitro benzene ring substituents is 1. The zero-order chi connectivity index (χ0) is 15.9. The lowest BCUT2D eigenvalue weighted by atomic mass is 10.2. The van der Waals surface area contributed by atoms with E-state index >= 15 is 0 Å². The molecule has 0 bridgehead atoms. The largest absolute Gasteiger partial charge is 0.480 e. The summed E-state index contributed by atoms with van der Waals surface area (Å²) in [6.07, 6.45) is 0. The van der Waals surface area contributed by atoms with Gasteiger partial charge in [-0.15, -0.1) is 0 Å². The van der Waals surface area contributed by atoms with E-state index in [9.17, 15) is 28.1 Å². The number of hydrogen-bond donors (Lipinski definition) is 2. The molecule has 1 aliphatic rings. The zero-order valence-corrected chi connectivity index (χ0v) is 11.1. The maximum absolute atomic E-state index is 12.1. The summed E-state index contributed by atoms with van der Waals surface area (Å²) in [6, 6.07) is 1.13. The van der Waals surface area contributed by atoms with Gasteiger partial charge < -0.3 is 10.8 Å². The predicted molar refractivity (Wildman–Crippen MR) is 66.9 cm³/mol. The van der Waals surface area contributed by atoms with Crippen molar-refractivity contribution in [3.63, 3.8) is 0 Å². The number of benzene rings is 1. The van der Waals surface area contributed by atoms with Crippen molar-refractivity contribution in [2.75, 3.05) is 6.54 Å². The third kappa shape index (κ3) is 2.32. The van der Waals surface area contributed by atoms with Crippen LogP contribution in [0.25, 0.3) is 0 Å². The number of carbonyl (C=O) groups is 2. The van der Waals surface area contributed by atoms with Crippen LogP contribution in [0.2, 0.25) is 0 Å². The number of fused-ring (bicyclic) bond motifs is 1. The highest BCUT2D eigenvalue weighted by Crippen LogP contribution is 2.32. The molecule has 0 aliphatic carbocycles. The van der Waals surface area contributed by atoms with Gasteiger partial charge in [-0.2, -0.15) is 0 Å². The fourth-order valence-corrected chi connectivity index (χ4v) is 3.40. The van der Waals surface area contributed by atoms with Gasteiger partial charge in [0.1, 0.15) is 10.9 Å². The molecular formula is C10H9N3O7S. The van der Waals surface area contributed by atoms with Crippen LogP contribution in [0.5, 0.6) is 0 Å². The third-order valence-electron chi connectivity index (χ3n) is 2.88. The summed E-state index contributed by atoms with van der Waals surface area (Å²) in [6.45, 7) is -0.751. The van der Waals surface area contributed by atoms with Gasteiger partial charge in [0.25, 0.3) is 21.6 Å². The molecule has 21 heavy (non-hydrogen) atoms. The molecule has 10 nitrogen and oxygen atoms in total. The standard InChI is InChI=1S/C10H9N3O7S/c11-7(10(15)16)4-12-9(14)6-3-5(13(17)18)1-2-8(6)21(12,19)20/h1-3,7H,4,11H2,(H,15,16). The molecule has 1 amide bonds. The van der Waals surface area contributed by atoms with E-state index in [4.69, 9.17) is 10.8 Å². The van der Waals surface area contributed by atoms with E-state index in [2.05, 4.69) is 0 Å². The number of amides is 1. The van der Waals surface area contributed by atoms with Crippen molar-refractivity contribution in [3.05, 3.63) is 33.9 Å². The Morgan fingerprint density at radius 2 is 2.10 bits per heavy atom. The van der Waals surface area contributed by atoms with Gasteiger partial charge in [0.15, 0.2) is 0 Å². The first-order chi connectivity index (χ1) is 9.66. The van der Waals surface area contributed by atoms with Crippen LogP contribution >= 0.6 is 0 Å². The molecule has 1 aliphatic heterocycles. The lowest BCUT2D eigenvalue weighted by Crippen LogP contribution is -2.44. The maximum atomic E-state index is 12.1. The molecule has 1 aromatic carbocycles. The molecule has 3 N–H and O–H groups in total. The molecule has 0 saturated heterocycles. The Hall–Kier alpha value is -2.53. The molecule has 11 heteroatoms. The molecule has 112 valence electrons. The Bertz CT molecular complexity index is 758. The van der Waals surface area contributed by atoms with Crippen LogP contribution in [0.3, 0.4) is 0 Å². The minimum absolute atomic E-state index is 0.306. The van der Waals surface area contributed by atoms with E-state index in [1.807, 2.05) is 0 Å². The van der Waals surface area contributed by atoms with Crippen LogP contribution in [-0.2, 0) is 14.8 Å². The summed E-state index contributed by atoms with van der Waals surface area (Å²) in [5, 5.41) is 19.3. The highest BCUT2D eigenvalue weighted by molar-refractivity contribution is 7.90. The normalized spacial score (nSPS) is 17.4. The zero-order valence-electron chi connectivity index (χ0n) is 10.3. The number of aliphatic carboxylic acids is 1. The number of carboxylic acid groups (broad SMARTS) is 1. The molecular weight excluding hydrogens is 306 g/mol. The number of nitro benzene ring substituents is 1. The second-order valence-corrected chi connectivity index (χ2v) is 6.05. The van der Waals surface area contributed by atoms with Crippen LogP contribution in [-0.4, -0.2) is 47.2 Å². The first-order valence-corrected chi connectivity index (χ1v) is 6.94. The number of sulfonamides is 1. The highest BCUT2D eigenvalue weighted by Gasteiger charge is 2.43. The van der Waals surface area contributed by atoms with E-state index in [0.717, 1.165) is 18.2 Å². The lowest BCUT2D eigenvalue weighted by Gasteiger charge is -2.17. The van der Waals surface area contributed by atoms with Crippen LogP contribution in [0.1, 0.15) is 10.4 Å². The number of carboxylic acids is 1. The van der Waals surface area contributed by atoms with Gasteiger partial charge >= 0.3 is 5.97 Å². The van der Waals surface area contributed by atoms with Gasteiger partial charge in [-0.1, -0.05) is 0 Å². The van der Waals surface area contributed by atoms with Crippen molar-refractivity contribution < 1.29 is 28.0 Å². The third-order valence-corrected chi connectivity index (χ3v) is 4.69. The van der Waals surface area contributed by atoms with Gasteiger partial charge in [-0.25, -0.2) is 12.7 Å². The Morgan fingerprint density at radius 3 is 2.62 bits per heavy atom. The van der Waals surface area contributed by atoms with E-state index < -0.39 is 50.0 Å². The van der Waals surface area contributed by atoms with Gasteiger partial charge in [-0.05, 0) is 6.07 Å². The van der Waals surface area contributed by atoms with E-state index in [1.54, 1.807) is 0 Å². The Kier molecular flexibility index (Phi) is 3.39. The Labute approximate surface area is 118 Å². The van der Waals surface area contributed by atoms with Crippen molar-refractivity contribution in [2.45, 2.75) is 10.9 Å². The summed E-state index contributed by atoms with van der Waals surface area (Å²) < 4.78 is 24.5. The first-order valence-electron chi connectivity index (χ1n) is 5.50. The minimum atomic E-state index is -4.25. The van der Waals surface area contributed by atoms with Crippen LogP contribution in [0, 0.1) is 10.1 Å². The first kappa shape index (κ1) is 14.9. The minimum Gasteiger partial charge on any atom is -0.480 e. The molecule has 0 fully saturated rings. The average molecular weight is 315 g/mol. The van der Waals surface area contributed by atoms with Gasteiger partial charge in [0.05, 0.1) is 17.0 Å². The van der Waals surface area contributed by atoms with Gasteiger partial charge in [0, 0.05) is 12.1 Å². The number of hydrogen-bond acceptors (Lipinski definition) is 7. The van der Waals surface area contributed by atoms with Crippen LogP contribution < -0.4 is 5.73 Å². The van der Waals surface area contributed by atoms with E-state index in [0.29, 0.717) is 4.31 Å². The van der Waals surface area contributed by atoms with Crippen molar-refractivity contribution in [3.8, 4) is 0 Å². The molecule has 1 heterocycles. The Balaban J connectivity index is 2.49. The average Bonchev–Trinajstić information content (AvgIpc) is 2.59.